The van der Waals surface area contributed by atoms with Crippen LogP contribution in [0, 0.1) is 0 Å². The first kappa shape index (κ1) is 21.1. The van der Waals surface area contributed by atoms with Crippen molar-refractivity contribution in [1.82, 2.24) is 25.1 Å². The number of aliphatic hydroxyl groups is 1. The third-order valence-corrected chi connectivity index (χ3v) is 4.05. The highest BCUT2D eigenvalue weighted by Gasteiger charge is 2.32. The average Bonchev–Trinajstić information content (AvgIpc) is 2.73. The summed E-state index contributed by atoms with van der Waals surface area (Å²) in [6, 6.07) is 5.57. The van der Waals surface area contributed by atoms with Crippen molar-refractivity contribution in [2.45, 2.75) is 19.1 Å². The molecule has 0 unspecified atom stereocenters. The SMILES string of the molecule is C[C@@H](CO)NC(=O)c1cc(-c2ccc(C(F)(F)F)nc2)nn(-c2cccnc2)c1=O. The predicted molar refractivity (Wildman–Crippen MR) is 99.9 cm³/mol. The van der Waals surface area contributed by atoms with Crippen LogP contribution in [0.3, 0.4) is 0 Å². The van der Waals surface area contributed by atoms with Gasteiger partial charge in [-0.1, -0.05) is 0 Å². The number of halogens is 3. The molecule has 0 aliphatic heterocycles. The monoisotopic (exact) mass is 419 g/mol. The van der Waals surface area contributed by atoms with Crippen molar-refractivity contribution < 1.29 is 23.1 Å². The molecule has 3 rings (SSSR count). The topological polar surface area (TPSA) is 110 Å². The Bertz CT molecular complexity index is 1100. The minimum atomic E-state index is -4.61. The van der Waals surface area contributed by atoms with Gasteiger partial charge in [-0.05, 0) is 37.3 Å². The maximum Gasteiger partial charge on any atom is 0.433 e. The molecule has 3 aromatic heterocycles. The van der Waals surface area contributed by atoms with Crippen LogP contribution < -0.4 is 10.9 Å². The molecule has 0 aliphatic carbocycles. The van der Waals surface area contributed by atoms with Crippen molar-refractivity contribution >= 4 is 5.91 Å². The van der Waals surface area contributed by atoms with Crippen LogP contribution in [-0.2, 0) is 6.18 Å². The second-order valence-corrected chi connectivity index (χ2v) is 6.36. The predicted octanol–water partition coefficient (Wildman–Crippen LogP) is 1.82. The standard InChI is InChI=1S/C19H16F3N5O3/c1-11(10-28)25-17(29)14-7-15(12-4-5-16(24-8-12)19(20,21)22)26-27(18(14)30)13-3-2-6-23-9-13/h2-9,11,28H,10H2,1H3,(H,25,29)/t11-/m0/s1. The van der Waals surface area contributed by atoms with Gasteiger partial charge in [0.05, 0.1) is 24.2 Å². The Morgan fingerprint density at radius 2 is 2.03 bits per heavy atom. The fourth-order valence-corrected chi connectivity index (χ4v) is 2.51. The van der Waals surface area contributed by atoms with E-state index in [9.17, 15) is 22.8 Å². The van der Waals surface area contributed by atoms with Crippen LogP contribution in [0.5, 0.6) is 0 Å². The van der Waals surface area contributed by atoms with Gasteiger partial charge in [0.25, 0.3) is 11.5 Å². The lowest BCUT2D eigenvalue weighted by atomic mass is 10.1. The Kier molecular flexibility index (Phi) is 5.92. The highest BCUT2D eigenvalue weighted by molar-refractivity contribution is 5.95. The maximum atomic E-state index is 12.8. The van der Waals surface area contributed by atoms with Crippen molar-refractivity contribution in [3.8, 4) is 16.9 Å². The molecule has 8 nitrogen and oxygen atoms in total. The number of carbonyl (C=O) groups excluding carboxylic acids is 1. The van der Waals surface area contributed by atoms with Crippen molar-refractivity contribution in [3.05, 3.63) is 70.5 Å². The van der Waals surface area contributed by atoms with Gasteiger partial charge in [-0.3, -0.25) is 19.6 Å². The molecule has 0 bridgehead atoms. The van der Waals surface area contributed by atoms with Gasteiger partial charge in [-0.15, -0.1) is 0 Å². The Morgan fingerprint density at radius 3 is 2.60 bits per heavy atom. The number of amides is 1. The summed E-state index contributed by atoms with van der Waals surface area (Å²) in [6.07, 6.45) is -0.816. The second-order valence-electron chi connectivity index (χ2n) is 6.36. The molecule has 3 aromatic rings. The highest BCUT2D eigenvalue weighted by atomic mass is 19.4. The zero-order valence-corrected chi connectivity index (χ0v) is 15.6. The van der Waals surface area contributed by atoms with Crippen LogP contribution in [0.25, 0.3) is 16.9 Å². The van der Waals surface area contributed by atoms with E-state index in [-0.39, 0.29) is 29.1 Å². The Hall–Kier alpha value is -3.60. The van der Waals surface area contributed by atoms with E-state index >= 15 is 0 Å². The van der Waals surface area contributed by atoms with Crippen molar-refractivity contribution in [1.29, 1.82) is 0 Å². The third kappa shape index (κ3) is 4.51. The zero-order chi connectivity index (χ0) is 21.9. The van der Waals surface area contributed by atoms with Crippen molar-refractivity contribution in [2.24, 2.45) is 0 Å². The third-order valence-electron chi connectivity index (χ3n) is 4.05. The molecule has 0 radical (unpaired) electrons. The second kappa shape index (κ2) is 8.41. The molecular formula is C19H16F3N5O3. The molecule has 0 saturated carbocycles. The lowest BCUT2D eigenvalue weighted by Gasteiger charge is -2.13. The molecule has 2 N–H and O–H groups in total. The number of nitrogens with zero attached hydrogens (tertiary/aromatic N) is 4. The van der Waals surface area contributed by atoms with Crippen LogP contribution >= 0.6 is 0 Å². The summed E-state index contributed by atoms with van der Waals surface area (Å²) in [5.74, 6) is -0.761. The molecule has 0 spiro atoms. The first-order valence-electron chi connectivity index (χ1n) is 8.71. The fourth-order valence-electron chi connectivity index (χ4n) is 2.51. The van der Waals surface area contributed by atoms with Gasteiger partial charge < -0.3 is 10.4 Å². The minimum Gasteiger partial charge on any atom is -0.394 e. The van der Waals surface area contributed by atoms with Crippen LogP contribution in [0.2, 0.25) is 0 Å². The summed E-state index contributed by atoms with van der Waals surface area (Å²) >= 11 is 0. The largest absolute Gasteiger partial charge is 0.433 e. The summed E-state index contributed by atoms with van der Waals surface area (Å²) in [5, 5.41) is 15.8. The quantitative estimate of drug-likeness (QED) is 0.653. The van der Waals surface area contributed by atoms with Crippen molar-refractivity contribution in [3.63, 3.8) is 0 Å². The lowest BCUT2D eigenvalue weighted by Crippen LogP contribution is -2.39. The number of alkyl halides is 3. The van der Waals surface area contributed by atoms with Gasteiger partial charge >= 0.3 is 6.18 Å². The summed E-state index contributed by atoms with van der Waals surface area (Å²) in [6.45, 7) is 1.20. The van der Waals surface area contributed by atoms with E-state index in [0.29, 0.717) is 0 Å². The summed E-state index contributed by atoms with van der Waals surface area (Å²) < 4.78 is 39.3. The number of hydrogen-bond donors (Lipinski definition) is 2. The normalized spacial score (nSPS) is 12.4. The highest BCUT2D eigenvalue weighted by Crippen LogP contribution is 2.28. The van der Waals surface area contributed by atoms with E-state index < -0.39 is 29.4 Å². The number of hydrogen-bond acceptors (Lipinski definition) is 6. The molecule has 0 aromatic carbocycles. The lowest BCUT2D eigenvalue weighted by molar-refractivity contribution is -0.141. The Morgan fingerprint density at radius 1 is 1.27 bits per heavy atom. The van der Waals surface area contributed by atoms with E-state index in [2.05, 4.69) is 20.4 Å². The Balaban J connectivity index is 2.14. The summed E-state index contributed by atoms with van der Waals surface area (Å²) in [4.78, 5) is 32.7. The molecule has 0 fully saturated rings. The molecule has 30 heavy (non-hydrogen) atoms. The van der Waals surface area contributed by atoms with Crippen LogP contribution in [0.4, 0.5) is 13.2 Å². The summed E-state index contributed by atoms with van der Waals surface area (Å²) in [7, 11) is 0. The van der Waals surface area contributed by atoms with Gasteiger partial charge in [0, 0.05) is 24.0 Å². The smallest absolute Gasteiger partial charge is 0.394 e. The minimum absolute atomic E-state index is 0.0569. The van der Waals surface area contributed by atoms with Crippen LogP contribution in [0.15, 0.2) is 53.7 Å². The number of pyridine rings is 2. The molecule has 0 aliphatic rings. The van der Waals surface area contributed by atoms with E-state index in [0.717, 1.165) is 23.0 Å². The molecule has 1 amide bonds. The van der Waals surface area contributed by atoms with Gasteiger partial charge in [0.1, 0.15) is 11.3 Å². The van der Waals surface area contributed by atoms with Gasteiger partial charge in [-0.2, -0.15) is 23.0 Å². The molecule has 0 saturated heterocycles. The van der Waals surface area contributed by atoms with Gasteiger partial charge in [-0.25, -0.2) is 0 Å². The fraction of sp³-hybridized carbons (Fsp3) is 0.211. The van der Waals surface area contributed by atoms with E-state index in [1.165, 1.54) is 24.5 Å². The first-order chi connectivity index (χ1) is 14.2. The molecule has 11 heteroatoms. The zero-order valence-electron chi connectivity index (χ0n) is 15.6. The number of aliphatic hydroxyl groups excluding tert-OH is 1. The number of aromatic nitrogens is 4. The molecular weight excluding hydrogens is 403 g/mol. The summed E-state index contributed by atoms with van der Waals surface area (Å²) in [5.41, 5.74) is -1.65. The van der Waals surface area contributed by atoms with Crippen LogP contribution in [-0.4, -0.2) is 43.4 Å². The number of rotatable bonds is 5. The molecule has 3 heterocycles. The average molecular weight is 419 g/mol. The first-order valence-corrected chi connectivity index (χ1v) is 8.71. The number of nitrogens with one attached hydrogen (secondary N) is 1. The van der Waals surface area contributed by atoms with Gasteiger partial charge in [0.15, 0.2) is 0 Å². The van der Waals surface area contributed by atoms with Gasteiger partial charge in [0.2, 0.25) is 0 Å². The van der Waals surface area contributed by atoms with Crippen molar-refractivity contribution in [2.75, 3.05) is 6.61 Å². The van der Waals surface area contributed by atoms with Crippen LogP contribution in [0.1, 0.15) is 23.0 Å². The van der Waals surface area contributed by atoms with E-state index in [1.54, 1.807) is 13.0 Å². The molecule has 1 atom stereocenters. The van der Waals surface area contributed by atoms with E-state index in [4.69, 9.17) is 5.11 Å². The maximum absolute atomic E-state index is 12.8. The Labute approximate surface area is 168 Å². The van der Waals surface area contributed by atoms with E-state index in [1.807, 2.05) is 0 Å². The number of carbonyl (C=O) groups is 1. The molecule has 156 valence electrons.